The maximum absolute atomic E-state index is 11.8. The van der Waals surface area contributed by atoms with E-state index >= 15 is 0 Å². The Labute approximate surface area is 92.0 Å². The summed E-state index contributed by atoms with van der Waals surface area (Å²) in [6.45, 7) is 12.0. The summed E-state index contributed by atoms with van der Waals surface area (Å²) in [6.07, 6.45) is 0. The van der Waals surface area contributed by atoms with E-state index in [0.717, 1.165) is 0 Å². The molecular weight excluding hydrogens is 192 g/mol. The number of hydrogen-bond donors (Lipinski definition) is 1. The first kappa shape index (κ1) is 12.3. The first-order chi connectivity index (χ1) is 6.72. The SMILES string of the molecule is CC(C)(C)CNC(=O)N1COCC1(C)C. The van der Waals surface area contributed by atoms with Gasteiger partial charge in [-0.2, -0.15) is 0 Å². The lowest BCUT2D eigenvalue weighted by molar-refractivity contribution is 0.137. The second kappa shape index (κ2) is 4.00. The van der Waals surface area contributed by atoms with Gasteiger partial charge in [0.1, 0.15) is 6.73 Å². The quantitative estimate of drug-likeness (QED) is 0.723. The van der Waals surface area contributed by atoms with E-state index in [2.05, 4.69) is 26.1 Å². The van der Waals surface area contributed by atoms with Gasteiger partial charge in [0.15, 0.2) is 0 Å². The van der Waals surface area contributed by atoms with Gasteiger partial charge in [0, 0.05) is 6.54 Å². The molecule has 0 spiro atoms. The smallest absolute Gasteiger partial charge is 0.319 e. The second-order valence-corrected chi connectivity index (χ2v) is 5.94. The van der Waals surface area contributed by atoms with Crippen molar-refractivity contribution in [1.82, 2.24) is 10.2 Å². The molecule has 0 aromatic carbocycles. The van der Waals surface area contributed by atoms with Crippen molar-refractivity contribution >= 4 is 6.03 Å². The van der Waals surface area contributed by atoms with Gasteiger partial charge in [-0.3, -0.25) is 4.90 Å². The fraction of sp³-hybridized carbons (Fsp3) is 0.909. The normalized spacial score (nSPS) is 20.5. The molecule has 0 saturated carbocycles. The number of amides is 2. The summed E-state index contributed by atoms with van der Waals surface area (Å²) in [6, 6.07) is -0.0348. The number of nitrogens with one attached hydrogen (secondary N) is 1. The summed E-state index contributed by atoms with van der Waals surface area (Å²) in [4.78, 5) is 13.6. The van der Waals surface area contributed by atoms with Crippen molar-refractivity contribution in [2.45, 2.75) is 40.2 Å². The standard InChI is InChI=1S/C11H22N2O2/c1-10(2,3)6-12-9(14)13-8-15-7-11(13,4)5/h6-8H2,1-5H3,(H,12,14). The Balaban J connectivity index is 2.48. The summed E-state index contributed by atoms with van der Waals surface area (Å²) < 4.78 is 5.29. The zero-order valence-corrected chi connectivity index (χ0v) is 10.4. The molecule has 4 nitrogen and oxygen atoms in total. The average molecular weight is 214 g/mol. The highest BCUT2D eigenvalue weighted by Gasteiger charge is 2.36. The first-order valence-electron chi connectivity index (χ1n) is 5.36. The van der Waals surface area contributed by atoms with E-state index in [1.54, 1.807) is 4.90 Å². The largest absolute Gasteiger partial charge is 0.359 e. The second-order valence-electron chi connectivity index (χ2n) is 5.94. The maximum atomic E-state index is 11.8. The molecule has 15 heavy (non-hydrogen) atoms. The molecule has 1 aliphatic rings. The van der Waals surface area contributed by atoms with Crippen LogP contribution in [0.4, 0.5) is 4.79 Å². The lowest BCUT2D eigenvalue weighted by Gasteiger charge is -2.30. The summed E-state index contributed by atoms with van der Waals surface area (Å²) >= 11 is 0. The predicted molar refractivity (Wildman–Crippen MR) is 59.6 cm³/mol. The van der Waals surface area contributed by atoms with Gasteiger partial charge in [-0.15, -0.1) is 0 Å². The van der Waals surface area contributed by atoms with Gasteiger partial charge in [0.05, 0.1) is 12.1 Å². The van der Waals surface area contributed by atoms with Crippen molar-refractivity contribution in [1.29, 1.82) is 0 Å². The van der Waals surface area contributed by atoms with E-state index in [-0.39, 0.29) is 17.0 Å². The van der Waals surface area contributed by atoms with Crippen LogP contribution in [-0.4, -0.2) is 36.4 Å². The van der Waals surface area contributed by atoms with Crippen molar-refractivity contribution in [3.8, 4) is 0 Å². The van der Waals surface area contributed by atoms with Crippen LogP contribution in [0.1, 0.15) is 34.6 Å². The zero-order chi connectivity index (χ0) is 11.7. The highest BCUT2D eigenvalue weighted by Crippen LogP contribution is 2.21. The summed E-state index contributed by atoms with van der Waals surface area (Å²) in [5.41, 5.74) is -0.0810. The fourth-order valence-electron chi connectivity index (χ4n) is 1.41. The Morgan fingerprint density at radius 3 is 2.47 bits per heavy atom. The highest BCUT2D eigenvalue weighted by atomic mass is 16.5. The third-order valence-electron chi connectivity index (χ3n) is 2.42. The molecule has 88 valence electrons. The summed E-state index contributed by atoms with van der Waals surface area (Å²) in [5.74, 6) is 0. The van der Waals surface area contributed by atoms with Crippen LogP contribution in [0.25, 0.3) is 0 Å². The van der Waals surface area contributed by atoms with Gasteiger partial charge >= 0.3 is 6.03 Å². The van der Waals surface area contributed by atoms with Crippen LogP contribution in [0, 0.1) is 5.41 Å². The van der Waals surface area contributed by atoms with Gasteiger partial charge < -0.3 is 10.1 Å². The molecule has 1 heterocycles. The molecule has 2 amide bonds. The minimum Gasteiger partial charge on any atom is -0.359 e. The molecule has 0 unspecified atom stereocenters. The third-order valence-corrected chi connectivity index (χ3v) is 2.42. The Kier molecular flexibility index (Phi) is 3.28. The zero-order valence-electron chi connectivity index (χ0n) is 10.4. The van der Waals surface area contributed by atoms with Crippen LogP contribution in [0.15, 0.2) is 0 Å². The average Bonchev–Trinajstić information content (AvgIpc) is 2.40. The molecule has 1 rings (SSSR count). The number of nitrogens with zero attached hydrogens (tertiary/aromatic N) is 1. The van der Waals surface area contributed by atoms with Crippen LogP contribution in [0.3, 0.4) is 0 Å². The van der Waals surface area contributed by atoms with Gasteiger partial charge in [0.25, 0.3) is 0 Å². The molecule has 0 bridgehead atoms. The third kappa shape index (κ3) is 3.38. The molecule has 0 aliphatic carbocycles. The van der Waals surface area contributed by atoms with Crippen molar-refractivity contribution in [2.75, 3.05) is 19.9 Å². The summed E-state index contributed by atoms with van der Waals surface area (Å²) in [7, 11) is 0. The van der Waals surface area contributed by atoms with Crippen molar-refractivity contribution < 1.29 is 9.53 Å². The van der Waals surface area contributed by atoms with Crippen LogP contribution < -0.4 is 5.32 Å². The van der Waals surface area contributed by atoms with Crippen LogP contribution in [0.2, 0.25) is 0 Å². The molecule has 1 N–H and O–H groups in total. The molecule has 1 fully saturated rings. The number of hydrogen-bond acceptors (Lipinski definition) is 2. The van der Waals surface area contributed by atoms with Crippen LogP contribution in [0.5, 0.6) is 0 Å². The van der Waals surface area contributed by atoms with E-state index in [4.69, 9.17) is 4.74 Å². The van der Waals surface area contributed by atoms with Crippen LogP contribution in [-0.2, 0) is 4.74 Å². The Bertz CT molecular complexity index is 243. The highest BCUT2D eigenvalue weighted by molar-refractivity contribution is 5.75. The number of carbonyl (C=O) groups is 1. The van der Waals surface area contributed by atoms with Gasteiger partial charge in [-0.05, 0) is 19.3 Å². The van der Waals surface area contributed by atoms with E-state index in [0.29, 0.717) is 19.9 Å². The molecule has 0 atom stereocenters. The first-order valence-corrected chi connectivity index (χ1v) is 5.36. The lowest BCUT2D eigenvalue weighted by Crippen LogP contribution is -2.50. The molecule has 0 radical (unpaired) electrons. The molecule has 0 aromatic heterocycles. The number of ether oxygens (including phenoxy) is 1. The number of rotatable bonds is 1. The van der Waals surface area contributed by atoms with Crippen molar-refractivity contribution in [3.63, 3.8) is 0 Å². The van der Waals surface area contributed by atoms with Crippen LogP contribution >= 0.6 is 0 Å². The predicted octanol–water partition coefficient (Wildman–Crippen LogP) is 1.81. The minimum absolute atomic E-state index is 0.0348. The van der Waals surface area contributed by atoms with E-state index in [1.165, 1.54) is 0 Å². The topological polar surface area (TPSA) is 41.6 Å². The lowest BCUT2D eigenvalue weighted by atomic mass is 9.97. The van der Waals surface area contributed by atoms with E-state index < -0.39 is 0 Å². The van der Waals surface area contributed by atoms with E-state index in [9.17, 15) is 4.79 Å². The van der Waals surface area contributed by atoms with Crippen molar-refractivity contribution in [3.05, 3.63) is 0 Å². The molecule has 1 saturated heterocycles. The van der Waals surface area contributed by atoms with Crippen molar-refractivity contribution in [2.24, 2.45) is 5.41 Å². The fourth-order valence-corrected chi connectivity index (χ4v) is 1.41. The number of carbonyl (C=O) groups excluding carboxylic acids is 1. The van der Waals surface area contributed by atoms with E-state index in [1.807, 2.05) is 13.8 Å². The Morgan fingerprint density at radius 1 is 1.47 bits per heavy atom. The number of urea groups is 1. The van der Waals surface area contributed by atoms with Gasteiger partial charge in [-0.25, -0.2) is 4.79 Å². The maximum Gasteiger partial charge on any atom is 0.319 e. The molecule has 0 aromatic rings. The Morgan fingerprint density at radius 2 is 2.07 bits per heavy atom. The Hall–Kier alpha value is -0.770. The molecule has 4 heteroatoms. The monoisotopic (exact) mass is 214 g/mol. The minimum atomic E-state index is -0.192. The molecule has 1 aliphatic heterocycles. The van der Waals surface area contributed by atoms with Gasteiger partial charge in [0.2, 0.25) is 0 Å². The van der Waals surface area contributed by atoms with Gasteiger partial charge in [-0.1, -0.05) is 20.8 Å². The summed E-state index contributed by atoms with van der Waals surface area (Å²) in [5, 5.41) is 2.93. The molecular formula is C11H22N2O2.